The van der Waals surface area contributed by atoms with E-state index in [1.54, 1.807) is 6.07 Å². The van der Waals surface area contributed by atoms with Crippen LogP contribution in [0.15, 0.2) is 18.2 Å². The second-order valence-electron chi connectivity index (χ2n) is 4.69. The molecule has 1 aromatic rings. The number of aliphatic carboxylic acids is 1. The number of carboxylic acids is 1. The number of anilines is 1. The molecule has 0 aromatic heterocycles. The van der Waals surface area contributed by atoms with E-state index in [9.17, 15) is 19.2 Å². The van der Waals surface area contributed by atoms with Crippen molar-refractivity contribution in [1.82, 2.24) is 5.32 Å². The first-order valence-electron chi connectivity index (χ1n) is 6.49. The molecule has 1 aliphatic heterocycles. The molecule has 2 rings (SSSR count). The summed E-state index contributed by atoms with van der Waals surface area (Å²) in [6, 6.07) is 4.48. The summed E-state index contributed by atoms with van der Waals surface area (Å²) in [5.74, 6) is -2.07. The van der Waals surface area contributed by atoms with Crippen molar-refractivity contribution in [3.05, 3.63) is 29.3 Å². The maximum Gasteiger partial charge on any atom is 0.303 e. The van der Waals surface area contributed by atoms with Crippen molar-refractivity contribution in [1.29, 1.82) is 0 Å². The van der Waals surface area contributed by atoms with Gasteiger partial charge in [0.1, 0.15) is 0 Å². The monoisotopic (exact) mass is 290 g/mol. The van der Waals surface area contributed by atoms with E-state index < -0.39 is 17.8 Å². The number of imide groups is 1. The zero-order chi connectivity index (χ0) is 15.4. The molecular formula is C14H14N2O5. The van der Waals surface area contributed by atoms with Gasteiger partial charge in [0.25, 0.3) is 11.8 Å². The maximum absolute atomic E-state index is 11.7. The molecule has 1 aliphatic rings. The van der Waals surface area contributed by atoms with Crippen molar-refractivity contribution in [3.8, 4) is 0 Å². The van der Waals surface area contributed by atoms with Gasteiger partial charge >= 0.3 is 5.97 Å². The Bertz CT molecular complexity index is 624. The largest absolute Gasteiger partial charge is 0.481 e. The van der Waals surface area contributed by atoms with Crippen LogP contribution in [0.3, 0.4) is 0 Å². The molecule has 0 spiro atoms. The van der Waals surface area contributed by atoms with Crippen LogP contribution >= 0.6 is 0 Å². The lowest BCUT2D eigenvalue weighted by Gasteiger charge is -2.06. The summed E-state index contributed by atoms with van der Waals surface area (Å²) in [6.45, 7) is 0. The number of fused-ring (bicyclic) bond motifs is 1. The average molecular weight is 290 g/mol. The van der Waals surface area contributed by atoms with Crippen molar-refractivity contribution in [3.63, 3.8) is 0 Å². The van der Waals surface area contributed by atoms with Gasteiger partial charge in [-0.05, 0) is 31.0 Å². The van der Waals surface area contributed by atoms with Gasteiger partial charge in [-0.25, -0.2) is 0 Å². The van der Waals surface area contributed by atoms with Gasteiger partial charge in [0, 0.05) is 18.5 Å². The first kappa shape index (κ1) is 14.7. The summed E-state index contributed by atoms with van der Waals surface area (Å²) in [7, 11) is 0. The summed E-state index contributed by atoms with van der Waals surface area (Å²) in [4.78, 5) is 44.9. The Balaban J connectivity index is 1.90. The number of amides is 3. The van der Waals surface area contributed by atoms with Gasteiger partial charge in [-0.2, -0.15) is 0 Å². The third-order valence-electron chi connectivity index (χ3n) is 3.06. The molecule has 0 bridgehead atoms. The summed E-state index contributed by atoms with van der Waals surface area (Å²) in [5.41, 5.74) is 0.963. The van der Waals surface area contributed by atoms with E-state index in [2.05, 4.69) is 10.6 Å². The Labute approximate surface area is 120 Å². The SMILES string of the molecule is O=C(O)CCCCC(=O)Nc1ccc2c(c1)C(=O)NC2=O. The van der Waals surface area contributed by atoms with Gasteiger partial charge in [-0.15, -0.1) is 0 Å². The Kier molecular flexibility index (Phi) is 4.32. The minimum atomic E-state index is -0.885. The zero-order valence-corrected chi connectivity index (χ0v) is 11.1. The van der Waals surface area contributed by atoms with E-state index in [-0.39, 0.29) is 24.3 Å². The molecule has 0 saturated carbocycles. The van der Waals surface area contributed by atoms with Crippen LogP contribution in [-0.2, 0) is 9.59 Å². The fourth-order valence-corrected chi connectivity index (χ4v) is 2.03. The second-order valence-corrected chi connectivity index (χ2v) is 4.69. The third kappa shape index (κ3) is 3.65. The van der Waals surface area contributed by atoms with Crippen LogP contribution in [0, 0.1) is 0 Å². The van der Waals surface area contributed by atoms with Crippen molar-refractivity contribution in [2.75, 3.05) is 5.32 Å². The fraction of sp³-hybridized carbons (Fsp3) is 0.286. The highest BCUT2D eigenvalue weighted by Gasteiger charge is 2.26. The molecule has 0 unspecified atom stereocenters. The van der Waals surface area contributed by atoms with Crippen molar-refractivity contribution < 1.29 is 24.3 Å². The van der Waals surface area contributed by atoms with Crippen LogP contribution in [0.4, 0.5) is 5.69 Å². The normalized spacial score (nSPS) is 12.8. The van der Waals surface area contributed by atoms with Crippen LogP contribution < -0.4 is 10.6 Å². The summed E-state index contributed by atoms with van der Waals surface area (Å²) < 4.78 is 0. The molecule has 3 amide bonds. The Morgan fingerprint density at radius 1 is 1.05 bits per heavy atom. The van der Waals surface area contributed by atoms with Crippen LogP contribution in [0.2, 0.25) is 0 Å². The Morgan fingerprint density at radius 2 is 1.71 bits per heavy atom. The third-order valence-corrected chi connectivity index (χ3v) is 3.06. The lowest BCUT2D eigenvalue weighted by Crippen LogP contribution is -2.19. The van der Waals surface area contributed by atoms with Crippen LogP contribution in [-0.4, -0.2) is 28.8 Å². The molecule has 21 heavy (non-hydrogen) atoms. The van der Waals surface area contributed by atoms with Gasteiger partial charge in [-0.1, -0.05) is 0 Å². The number of rotatable bonds is 6. The number of hydrogen-bond acceptors (Lipinski definition) is 4. The fourth-order valence-electron chi connectivity index (χ4n) is 2.03. The number of hydrogen-bond donors (Lipinski definition) is 3. The van der Waals surface area contributed by atoms with Crippen molar-refractivity contribution >= 4 is 29.4 Å². The first-order chi connectivity index (χ1) is 9.97. The quantitative estimate of drug-likeness (QED) is 0.537. The molecule has 7 heteroatoms. The lowest BCUT2D eigenvalue weighted by atomic mass is 10.1. The van der Waals surface area contributed by atoms with Crippen LogP contribution in [0.5, 0.6) is 0 Å². The van der Waals surface area contributed by atoms with Crippen molar-refractivity contribution in [2.45, 2.75) is 25.7 Å². The molecule has 0 fully saturated rings. The molecule has 7 nitrogen and oxygen atoms in total. The highest BCUT2D eigenvalue weighted by Crippen LogP contribution is 2.20. The van der Waals surface area contributed by atoms with Crippen LogP contribution in [0.1, 0.15) is 46.4 Å². The van der Waals surface area contributed by atoms with Gasteiger partial charge in [0.15, 0.2) is 0 Å². The molecular weight excluding hydrogens is 276 g/mol. The minimum Gasteiger partial charge on any atom is -0.481 e. The number of nitrogens with one attached hydrogen (secondary N) is 2. The number of benzene rings is 1. The van der Waals surface area contributed by atoms with Gasteiger partial charge < -0.3 is 10.4 Å². The van der Waals surface area contributed by atoms with E-state index in [1.807, 2.05) is 0 Å². The number of unbranched alkanes of at least 4 members (excludes halogenated alkanes) is 1. The van der Waals surface area contributed by atoms with E-state index in [0.717, 1.165) is 0 Å². The van der Waals surface area contributed by atoms with Gasteiger partial charge in [0.2, 0.25) is 5.91 Å². The number of carbonyl (C=O) groups excluding carboxylic acids is 3. The summed E-state index contributed by atoms with van der Waals surface area (Å²) in [6.07, 6.45) is 1.15. The highest BCUT2D eigenvalue weighted by atomic mass is 16.4. The lowest BCUT2D eigenvalue weighted by molar-refractivity contribution is -0.137. The average Bonchev–Trinajstić information content (AvgIpc) is 2.70. The molecule has 0 aliphatic carbocycles. The number of carboxylic acid groups (broad SMARTS) is 1. The van der Waals surface area contributed by atoms with E-state index in [4.69, 9.17) is 5.11 Å². The Morgan fingerprint density at radius 3 is 2.43 bits per heavy atom. The van der Waals surface area contributed by atoms with Gasteiger partial charge in [0.05, 0.1) is 11.1 Å². The first-order valence-corrected chi connectivity index (χ1v) is 6.49. The molecule has 1 heterocycles. The topological polar surface area (TPSA) is 113 Å². The minimum absolute atomic E-state index is 0.0361. The second kappa shape index (κ2) is 6.17. The molecule has 1 aromatic carbocycles. The molecule has 0 radical (unpaired) electrons. The van der Waals surface area contributed by atoms with Gasteiger partial charge in [-0.3, -0.25) is 24.5 Å². The summed E-state index contributed by atoms with van der Waals surface area (Å²) >= 11 is 0. The van der Waals surface area contributed by atoms with E-state index in [1.165, 1.54) is 12.1 Å². The highest BCUT2D eigenvalue weighted by molar-refractivity contribution is 6.22. The smallest absolute Gasteiger partial charge is 0.303 e. The zero-order valence-electron chi connectivity index (χ0n) is 11.1. The molecule has 0 atom stereocenters. The molecule has 0 saturated heterocycles. The Hall–Kier alpha value is -2.70. The molecule has 3 N–H and O–H groups in total. The summed E-state index contributed by atoms with van der Waals surface area (Å²) in [5, 5.41) is 13.3. The predicted octanol–water partition coefficient (Wildman–Crippen LogP) is 1.15. The van der Waals surface area contributed by atoms with E-state index in [0.29, 0.717) is 24.1 Å². The number of carbonyl (C=O) groups is 4. The van der Waals surface area contributed by atoms with Crippen LogP contribution in [0.25, 0.3) is 0 Å². The van der Waals surface area contributed by atoms with Crippen molar-refractivity contribution in [2.24, 2.45) is 0 Å². The molecule has 110 valence electrons. The van der Waals surface area contributed by atoms with E-state index >= 15 is 0 Å². The predicted molar refractivity (Wildman–Crippen MR) is 73.0 cm³/mol. The maximum atomic E-state index is 11.7. The standard InChI is InChI=1S/C14H14N2O5/c17-11(3-1-2-4-12(18)19)15-8-5-6-9-10(7-8)14(21)16-13(9)20/h5-7H,1-4H2,(H,15,17)(H,18,19)(H,16,20,21).